The minimum atomic E-state index is -0.527. The van der Waals surface area contributed by atoms with Gasteiger partial charge in [-0.1, -0.05) is 90.5 Å². The number of nitrogens with one attached hydrogen (secondary N) is 9. The van der Waals surface area contributed by atoms with Crippen molar-refractivity contribution >= 4 is 59.3 Å². The molecule has 15 N–H and O–H groups in total. The summed E-state index contributed by atoms with van der Waals surface area (Å²) in [4.78, 5) is 93.4. The first-order valence-corrected chi connectivity index (χ1v) is 27.1. The number of nitrogen functional groups attached to an aromatic ring is 2. The number of esters is 2. The minimum absolute atomic E-state index is 0.0162. The second kappa shape index (κ2) is 39.6. The van der Waals surface area contributed by atoms with Crippen molar-refractivity contribution < 1.29 is 62.8 Å². The lowest BCUT2D eigenvalue weighted by molar-refractivity contribution is -0.142. The van der Waals surface area contributed by atoms with Crippen LogP contribution in [0.15, 0.2) is 121 Å². The molecule has 1 heterocycles. The number of amides is 10. The molecule has 1 saturated heterocycles. The van der Waals surface area contributed by atoms with E-state index >= 15 is 0 Å². The lowest BCUT2D eigenvalue weighted by Gasteiger charge is -2.20. The summed E-state index contributed by atoms with van der Waals surface area (Å²) in [6, 6.07) is 34.8. The number of carbonyl (C=O) groups excluding carboxylic acids is 8. The zero-order chi connectivity index (χ0) is 61.5. The molecule has 5 aromatic rings. The average molecular weight is 1170 g/mol. The van der Waals surface area contributed by atoms with Gasteiger partial charge in [-0.2, -0.15) is 0 Å². The van der Waals surface area contributed by atoms with Crippen LogP contribution in [0.3, 0.4) is 0 Å². The third kappa shape index (κ3) is 31.3. The third-order valence-electron chi connectivity index (χ3n) is 11.7. The van der Waals surface area contributed by atoms with Gasteiger partial charge in [0.15, 0.2) is 11.5 Å². The quantitative estimate of drug-likeness (QED) is 0.0251. The van der Waals surface area contributed by atoms with Crippen LogP contribution >= 0.6 is 0 Å². The number of aryl methyl sites for hydroxylation is 1. The highest BCUT2D eigenvalue weighted by atomic mass is 16.5. The fraction of sp³-hybridized carbons (Fsp3) is 0.356. The lowest BCUT2D eigenvalue weighted by Crippen LogP contribution is -2.43. The van der Waals surface area contributed by atoms with Gasteiger partial charge in [0.2, 0.25) is 11.8 Å². The van der Waals surface area contributed by atoms with Crippen molar-refractivity contribution in [3.8, 4) is 11.5 Å². The van der Waals surface area contributed by atoms with Gasteiger partial charge >= 0.3 is 36.1 Å². The summed E-state index contributed by atoms with van der Waals surface area (Å²) in [5, 5.41) is 41.5. The normalized spacial score (nSPS) is 11.7. The van der Waals surface area contributed by atoms with Crippen LogP contribution in [0.5, 0.6) is 11.5 Å². The van der Waals surface area contributed by atoms with Crippen LogP contribution in [0.2, 0.25) is 0 Å². The van der Waals surface area contributed by atoms with Gasteiger partial charge in [0.05, 0.1) is 32.9 Å². The maximum absolute atomic E-state index is 12.0. The largest absolute Gasteiger partial charge is 0.504 e. The molecule has 0 saturated carbocycles. The number of carbonyl (C=O) groups is 8. The van der Waals surface area contributed by atoms with Crippen molar-refractivity contribution in [2.75, 3.05) is 84.2 Å². The average Bonchev–Trinajstić information content (AvgIpc) is 4.07. The Bertz CT molecular complexity index is 2820. The van der Waals surface area contributed by atoms with Gasteiger partial charge in [-0.3, -0.25) is 19.2 Å². The van der Waals surface area contributed by atoms with E-state index in [2.05, 4.69) is 57.3 Å². The molecular formula is C59H80N12O13. The minimum Gasteiger partial charge on any atom is -0.504 e. The van der Waals surface area contributed by atoms with E-state index in [0.29, 0.717) is 68.8 Å². The number of phenolic OH excluding ortho intramolecular Hbond substituents is 2. The van der Waals surface area contributed by atoms with Crippen molar-refractivity contribution in [1.82, 2.24) is 52.8 Å². The molecule has 0 spiro atoms. The molecule has 1 fully saturated rings. The van der Waals surface area contributed by atoms with Gasteiger partial charge in [0, 0.05) is 70.2 Å². The number of hydrogen-bond acceptors (Lipinski definition) is 15. The van der Waals surface area contributed by atoms with Crippen LogP contribution in [0, 0.1) is 12.8 Å². The van der Waals surface area contributed by atoms with E-state index in [1.165, 1.54) is 23.3 Å². The molecule has 454 valence electrons. The molecule has 84 heavy (non-hydrogen) atoms. The molecule has 0 aromatic heterocycles. The number of phenols is 2. The number of hydrogen-bond donors (Lipinski definition) is 13. The number of urea groups is 4. The van der Waals surface area contributed by atoms with E-state index in [1.807, 2.05) is 85.8 Å². The molecule has 10 amide bonds. The van der Waals surface area contributed by atoms with Gasteiger partial charge in [0.1, 0.15) is 13.1 Å². The first-order valence-electron chi connectivity index (χ1n) is 27.1. The van der Waals surface area contributed by atoms with Crippen LogP contribution in [0.1, 0.15) is 53.6 Å². The predicted octanol–water partition coefficient (Wildman–Crippen LogP) is 3.81. The van der Waals surface area contributed by atoms with Gasteiger partial charge in [-0.15, -0.1) is 0 Å². The number of likely N-dealkylation sites (N-methyl/N-ethyl adjacent to an activating group) is 1. The monoisotopic (exact) mass is 1160 g/mol. The molecule has 0 bridgehead atoms. The van der Waals surface area contributed by atoms with Crippen molar-refractivity contribution in [1.29, 1.82) is 0 Å². The summed E-state index contributed by atoms with van der Waals surface area (Å²) in [6.07, 6.45) is 1.75. The number of nitrogens with two attached hydrogens (primary N) is 2. The Morgan fingerprint density at radius 3 is 1.54 bits per heavy atom. The van der Waals surface area contributed by atoms with E-state index in [-0.39, 0.29) is 74.7 Å². The molecule has 25 heteroatoms. The summed E-state index contributed by atoms with van der Waals surface area (Å²) in [5.74, 6) is -1.38. The molecule has 0 radical (unpaired) electrons. The maximum Gasteiger partial charge on any atom is 0.325 e. The topological polar surface area (TPSA) is 368 Å². The number of rotatable bonds is 23. The Kier molecular flexibility index (Phi) is 32.3. The highest BCUT2D eigenvalue weighted by Crippen LogP contribution is 2.24. The summed E-state index contributed by atoms with van der Waals surface area (Å²) in [7, 11) is 1.74. The molecular weight excluding hydrogens is 1080 g/mol. The standard InChI is InChI=1S/C19H23N3O2.C16H24N4O3.C12H17N3O3.C12H16N2O5/c1-15-7-9-17(10-8-15)13-21-19(24)22-14-18(23)20-12-11-16-5-3-2-4-6-16;1-20(10-13-6-7-23-11-13)15(21)9-19-16(22)18-8-12-2-4-14(17)5-3-12;1-2-18-11(16)8-15-12(17)14-7-9-4-3-5-10(13)6-9;1-2-19-11(17)7-14-12(18)13-6-8-3-4-9(15)10(16)5-8/h2-10H,11-14H2,1H3,(H,20,23)(H2,21,22,24);2-5,13H,6-11,17H2,1H3,(H2,18,19,22);3-6H,2,7-8,13H2,1H3,(H2,14,15,17);3-5,15-16H,2,6-7H2,1H3,(H2,13,14,18). The van der Waals surface area contributed by atoms with Crippen LogP contribution in [0.4, 0.5) is 30.6 Å². The van der Waals surface area contributed by atoms with E-state index in [9.17, 15) is 43.5 Å². The molecule has 6 rings (SSSR count). The first-order chi connectivity index (χ1) is 40.3. The molecule has 1 atom stereocenters. The Balaban J connectivity index is 0.000000296. The van der Waals surface area contributed by atoms with E-state index in [0.717, 1.165) is 36.1 Å². The number of aromatic hydroxyl groups is 2. The zero-order valence-electron chi connectivity index (χ0n) is 47.9. The molecule has 5 aromatic carbocycles. The summed E-state index contributed by atoms with van der Waals surface area (Å²) in [6.45, 7) is 9.55. The van der Waals surface area contributed by atoms with Crippen LogP contribution in [-0.2, 0) is 66.0 Å². The lowest BCUT2D eigenvalue weighted by atomic mass is 10.1. The molecule has 25 nitrogen and oxygen atoms in total. The van der Waals surface area contributed by atoms with Crippen molar-refractivity contribution in [3.05, 3.63) is 155 Å². The maximum atomic E-state index is 12.0. The SMILES string of the molecule is CCOC(=O)CNC(=O)NCc1ccc(O)c(O)c1.CCOC(=O)CNC(=O)NCc1cccc(N)c1.CN(CC1CCOC1)C(=O)CNC(=O)NCc1ccc(N)cc1.Cc1ccc(CNC(=O)NCC(=O)NCCc2ccccc2)cc1. The smallest absolute Gasteiger partial charge is 0.325 e. The fourth-order valence-electron chi connectivity index (χ4n) is 7.15. The number of ether oxygens (including phenoxy) is 3. The van der Waals surface area contributed by atoms with E-state index < -0.39 is 24.0 Å². The Morgan fingerprint density at radius 1 is 0.536 bits per heavy atom. The van der Waals surface area contributed by atoms with Crippen molar-refractivity contribution in [3.63, 3.8) is 0 Å². The summed E-state index contributed by atoms with van der Waals surface area (Å²) < 4.78 is 14.6. The van der Waals surface area contributed by atoms with Gasteiger partial charge in [-0.05, 0) is 97.8 Å². The zero-order valence-corrected chi connectivity index (χ0v) is 47.9. The first kappa shape index (κ1) is 68.5. The van der Waals surface area contributed by atoms with Crippen molar-refractivity contribution in [2.45, 2.75) is 59.8 Å². The molecule has 0 aliphatic carbocycles. The van der Waals surface area contributed by atoms with Gasteiger partial charge in [0.25, 0.3) is 0 Å². The third-order valence-corrected chi connectivity index (χ3v) is 11.7. The number of nitrogens with zero attached hydrogens (tertiary/aromatic N) is 1. The van der Waals surface area contributed by atoms with E-state index in [1.54, 1.807) is 56.1 Å². The highest BCUT2D eigenvalue weighted by Gasteiger charge is 2.20. The second-order valence-corrected chi connectivity index (χ2v) is 18.6. The van der Waals surface area contributed by atoms with Gasteiger partial charge < -0.3 is 88.6 Å². The summed E-state index contributed by atoms with van der Waals surface area (Å²) >= 11 is 0. The number of benzene rings is 5. The second-order valence-electron chi connectivity index (χ2n) is 18.6. The Hall–Kier alpha value is -9.78. The fourth-order valence-corrected chi connectivity index (χ4v) is 7.15. The highest BCUT2D eigenvalue weighted by molar-refractivity contribution is 5.85. The van der Waals surface area contributed by atoms with Crippen LogP contribution < -0.4 is 59.3 Å². The predicted molar refractivity (Wildman–Crippen MR) is 317 cm³/mol. The Labute approximate surface area is 489 Å². The Morgan fingerprint density at radius 2 is 1.02 bits per heavy atom. The van der Waals surface area contributed by atoms with Gasteiger partial charge in [-0.25, -0.2) is 19.2 Å². The van der Waals surface area contributed by atoms with E-state index in [4.69, 9.17) is 21.3 Å². The molecule has 1 unspecified atom stereocenters. The number of anilines is 2. The van der Waals surface area contributed by atoms with Crippen LogP contribution in [-0.4, -0.2) is 136 Å². The molecule has 1 aliphatic heterocycles. The van der Waals surface area contributed by atoms with Crippen LogP contribution in [0.25, 0.3) is 0 Å². The van der Waals surface area contributed by atoms with Crippen molar-refractivity contribution in [2.24, 2.45) is 5.92 Å². The molecule has 1 aliphatic rings. The summed E-state index contributed by atoms with van der Waals surface area (Å²) in [5.41, 5.74) is 18.3.